The highest BCUT2D eigenvalue weighted by Crippen LogP contribution is 2.22. The van der Waals surface area contributed by atoms with Gasteiger partial charge in [-0.05, 0) is 17.5 Å². The summed E-state index contributed by atoms with van der Waals surface area (Å²) in [5, 5.41) is 3.94. The molecule has 0 saturated carbocycles. The van der Waals surface area contributed by atoms with Gasteiger partial charge in [0.15, 0.2) is 0 Å². The van der Waals surface area contributed by atoms with E-state index in [4.69, 9.17) is 0 Å². The number of aryl methyl sites for hydroxylation is 1. The molecule has 1 aromatic heterocycles. The molecule has 3 heteroatoms. The van der Waals surface area contributed by atoms with E-state index < -0.39 is 0 Å². The summed E-state index contributed by atoms with van der Waals surface area (Å²) in [6.45, 7) is 8.63. The number of nitrogens with zero attached hydrogens (tertiary/aromatic N) is 1. The van der Waals surface area contributed by atoms with Crippen molar-refractivity contribution in [2.45, 2.75) is 13.8 Å². The Labute approximate surface area is 113 Å². The van der Waals surface area contributed by atoms with Crippen LogP contribution in [-0.2, 0) is 7.05 Å². The molecule has 1 N–H and O–H groups in total. The summed E-state index contributed by atoms with van der Waals surface area (Å²) >= 11 is 0. The quantitative estimate of drug-likeness (QED) is 0.895. The van der Waals surface area contributed by atoms with Crippen LogP contribution in [0.4, 0.5) is 0 Å². The van der Waals surface area contributed by atoms with Gasteiger partial charge in [-0.15, -0.1) is 0 Å². The lowest BCUT2D eigenvalue weighted by atomic mass is 10.1. The highest BCUT2D eigenvalue weighted by molar-refractivity contribution is 6.07. The number of benzene rings is 1. The van der Waals surface area contributed by atoms with Crippen LogP contribution in [0.2, 0.25) is 0 Å². The van der Waals surface area contributed by atoms with Crippen LogP contribution in [0.3, 0.4) is 0 Å². The van der Waals surface area contributed by atoms with Gasteiger partial charge in [0.25, 0.3) is 5.91 Å². The largest absolute Gasteiger partial charge is 0.352 e. The average molecular weight is 256 g/mol. The van der Waals surface area contributed by atoms with Crippen LogP contribution in [0, 0.1) is 5.92 Å². The molecule has 0 unspecified atom stereocenters. The van der Waals surface area contributed by atoms with Crippen LogP contribution in [0.5, 0.6) is 0 Å². The molecule has 3 nitrogen and oxygen atoms in total. The van der Waals surface area contributed by atoms with Crippen molar-refractivity contribution in [1.29, 1.82) is 0 Å². The number of carbonyl (C=O) groups is 1. The van der Waals surface area contributed by atoms with E-state index in [-0.39, 0.29) is 5.91 Å². The Morgan fingerprint density at radius 2 is 2.21 bits per heavy atom. The normalized spacial score (nSPS) is 10.9. The van der Waals surface area contributed by atoms with Crippen LogP contribution in [0.15, 0.2) is 31.0 Å². The minimum atomic E-state index is -0.00865. The van der Waals surface area contributed by atoms with Crippen LogP contribution in [0.25, 0.3) is 17.0 Å². The van der Waals surface area contributed by atoms with Gasteiger partial charge in [-0.2, -0.15) is 0 Å². The summed E-state index contributed by atoms with van der Waals surface area (Å²) in [6.07, 6.45) is 3.69. The van der Waals surface area contributed by atoms with E-state index in [1.807, 2.05) is 42.1 Å². The van der Waals surface area contributed by atoms with E-state index in [0.717, 1.165) is 22.0 Å². The first-order chi connectivity index (χ1) is 9.02. The molecule has 100 valence electrons. The van der Waals surface area contributed by atoms with Crippen LogP contribution < -0.4 is 5.32 Å². The predicted octanol–water partition coefficient (Wildman–Crippen LogP) is 3.21. The molecule has 0 fully saturated rings. The summed E-state index contributed by atoms with van der Waals surface area (Å²) in [5.41, 5.74) is 2.84. The number of rotatable bonds is 4. The number of hydrogen-bond acceptors (Lipinski definition) is 1. The van der Waals surface area contributed by atoms with E-state index in [0.29, 0.717) is 12.5 Å². The Morgan fingerprint density at radius 1 is 1.47 bits per heavy atom. The van der Waals surface area contributed by atoms with Crippen LogP contribution in [-0.4, -0.2) is 17.0 Å². The van der Waals surface area contributed by atoms with E-state index >= 15 is 0 Å². The second-order valence-corrected chi connectivity index (χ2v) is 5.24. The molecule has 19 heavy (non-hydrogen) atoms. The van der Waals surface area contributed by atoms with Gasteiger partial charge in [0, 0.05) is 30.7 Å². The molecule has 1 amide bonds. The molecule has 0 aliphatic heterocycles. The third-order valence-corrected chi connectivity index (χ3v) is 3.17. The smallest absolute Gasteiger partial charge is 0.253 e. The minimum absolute atomic E-state index is 0.00865. The topological polar surface area (TPSA) is 34.0 Å². The monoisotopic (exact) mass is 256 g/mol. The van der Waals surface area contributed by atoms with E-state index in [1.54, 1.807) is 0 Å². The molecule has 2 aromatic rings. The third kappa shape index (κ3) is 2.70. The summed E-state index contributed by atoms with van der Waals surface area (Å²) in [4.78, 5) is 12.2. The van der Waals surface area contributed by atoms with Crippen molar-refractivity contribution < 1.29 is 4.79 Å². The second-order valence-electron chi connectivity index (χ2n) is 5.24. The van der Waals surface area contributed by atoms with Gasteiger partial charge in [-0.25, -0.2) is 0 Å². The molecule has 0 radical (unpaired) electrons. The Balaban J connectivity index is 2.39. The molecular formula is C16H20N2O. The maximum absolute atomic E-state index is 12.2. The Hall–Kier alpha value is -2.03. The molecule has 0 spiro atoms. The fraction of sp³-hybridized carbons (Fsp3) is 0.312. The maximum atomic E-state index is 12.2. The first-order valence-corrected chi connectivity index (χ1v) is 6.52. The lowest BCUT2D eigenvalue weighted by molar-refractivity contribution is 0.0950. The fourth-order valence-electron chi connectivity index (χ4n) is 2.10. The number of fused-ring (bicyclic) bond motifs is 1. The Bertz CT molecular complexity index is 623. The van der Waals surface area contributed by atoms with Gasteiger partial charge < -0.3 is 9.88 Å². The number of aromatic nitrogens is 1. The van der Waals surface area contributed by atoms with Crippen molar-refractivity contribution >= 4 is 22.9 Å². The summed E-state index contributed by atoms with van der Waals surface area (Å²) in [6, 6.07) is 6.01. The predicted molar refractivity (Wildman–Crippen MR) is 80.2 cm³/mol. The van der Waals surface area contributed by atoms with Gasteiger partial charge in [0.1, 0.15) is 0 Å². The molecule has 1 aromatic carbocycles. The second kappa shape index (κ2) is 5.31. The van der Waals surface area contributed by atoms with Crippen molar-refractivity contribution in [2.75, 3.05) is 6.54 Å². The number of hydrogen-bond donors (Lipinski definition) is 1. The summed E-state index contributed by atoms with van der Waals surface area (Å²) in [5.74, 6) is 0.442. The molecule has 2 rings (SSSR count). The molecule has 0 bridgehead atoms. The van der Waals surface area contributed by atoms with Crippen molar-refractivity contribution in [3.8, 4) is 0 Å². The molecule has 0 aliphatic rings. The first-order valence-electron chi connectivity index (χ1n) is 6.52. The summed E-state index contributed by atoms with van der Waals surface area (Å²) in [7, 11) is 1.95. The number of amides is 1. The van der Waals surface area contributed by atoms with E-state index in [2.05, 4.69) is 25.7 Å². The van der Waals surface area contributed by atoms with Gasteiger partial charge in [0.05, 0.1) is 5.56 Å². The highest BCUT2D eigenvalue weighted by Gasteiger charge is 2.13. The lowest BCUT2D eigenvalue weighted by Gasteiger charge is -2.06. The average Bonchev–Trinajstić information content (AvgIpc) is 2.73. The SMILES string of the molecule is C=Cc1ccc2c(C(=O)NCC(C)C)cn(C)c2c1. The molecule has 0 atom stereocenters. The molecule has 1 heterocycles. The van der Waals surface area contributed by atoms with Gasteiger partial charge in [-0.1, -0.05) is 38.6 Å². The zero-order valence-electron chi connectivity index (χ0n) is 11.7. The fourth-order valence-corrected chi connectivity index (χ4v) is 2.10. The number of nitrogens with one attached hydrogen (secondary N) is 1. The Kier molecular flexibility index (Phi) is 3.74. The zero-order valence-corrected chi connectivity index (χ0v) is 11.7. The van der Waals surface area contributed by atoms with Crippen LogP contribution >= 0.6 is 0 Å². The van der Waals surface area contributed by atoms with Gasteiger partial charge >= 0.3 is 0 Å². The van der Waals surface area contributed by atoms with Crippen molar-refractivity contribution in [2.24, 2.45) is 13.0 Å². The van der Waals surface area contributed by atoms with Crippen molar-refractivity contribution in [1.82, 2.24) is 9.88 Å². The first kappa shape index (κ1) is 13.4. The highest BCUT2D eigenvalue weighted by atomic mass is 16.1. The Morgan fingerprint density at radius 3 is 2.84 bits per heavy atom. The van der Waals surface area contributed by atoms with E-state index in [9.17, 15) is 4.79 Å². The van der Waals surface area contributed by atoms with E-state index in [1.165, 1.54) is 0 Å². The van der Waals surface area contributed by atoms with Gasteiger partial charge in [-0.3, -0.25) is 4.79 Å². The van der Waals surface area contributed by atoms with Crippen LogP contribution in [0.1, 0.15) is 29.8 Å². The lowest BCUT2D eigenvalue weighted by Crippen LogP contribution is -2.27. The molecular weight excluding hydrogens is 236 g/mol. The van der Waals surface area contributed by atoms with Crippen molar-refractivity contribution in [3.63, 3.8) is 0 Å². The minimum Gasteiger partial charge on any atom is -0.352 e. The van der Waals surface area contributed by atoms with Crippen molar-refractivity contribution in [3.05, 3.63) is 42.1 Å². The zero-order chi connectivity index (χ0) is 14.0. The summed E-state index contributed by atoms with van der Waals surface area (Å²) < 4.78 is 1.98. The number of carbonyl (C=O) groups excluding carboxylic acids is 1. The third-order valence-electron chi connectivity index (χ3n) is 3.17. The molecule has 0 aliphatic carbocycles. The molecule has 0 saturated heterocycles. The van der Waals surface area contributed by atoms with Gasteiger partial charge in [0.2, 0.25) is 0 Å². The maximum Gasteiger partial charge on any atom is 0.253 e. The standard InChI is InChI=1S/C16H20N2O/c1-5-12-6-7-13-14(10-18(4)15(13)8-12)16(19)17-9-11(2)3/h5-8,10-11H,1,9H2,2-4H3,(H,17,19).